The number of Topliss-reactive ketones (excluding diaryl/α,β-unsaturated/α-hetero) is 1. The minimum absolute atomic E-state index is 0.0251. The van der Waals surface area contributed by atoms with Crippen LogP contribution in [-0.2, 0) is 57.0 Å². The fourth-order valence-electron chi connectivity index (χ4n) is 9.19. The van der Waals surface area contributed by atoms with Gasteiger partial charge in [0, 0.05) is 56.3 Å². The number of ether oxygens (including phenoxy) is 9. The molecule has 18 atom stereocenters. The van der Waals surface area contributed by atoms with E-state index in [4.69, 9.17) is 54.8 Å². The average Bonchev–Trinajstić information content (AvgIpc) is 3.16. The number of thiocarbonyl (C=S) groups is 1. The van der Waals surface area contributed by atoms with Gasteiger partial charge in [0.2, 0.25) is 0 Å². The molecule has 3 rings (SSSR count). The van der Waals surface area contributed by atoms with Crippen LogP contribution >= 0.6 is 12.2 Å². The van der Waals surface area contributed by atoms with Crippen molar-refractivity contribution in [2.45, 2.75) is 194 Å². The van der Waals surface area contributed by atoms with E-state index in [0.29, 0.717) is 19.4 Å². The number of nitrogens with zero attached hydrogens (tertiary/aromatic N) is 1. The van der Waals surface area contributed by atoms with Crippen LogP contribution in [0.25, 0.3) is 0 Å². The van der Waals surface area contributed by atoms with Crippen LogP contribution in [-0.4, -0.2) is 145 Å². The van der Waals surface area contributed by atoms with Crippen molar-refractivity contribution in [2.75, 3.05) is 27.8 Å². The fourth-order valence-corrected chi connectivity index (χ4v) is 9.38. The van der Waals surface area contributed by atoms with E-state index in [1.807, 2.05) is 46.7 Å². The Hall–Kier alpha value is -2.02. The van der Waals surface area contributed by atoms with E-state index in [1.165, 1.54) is 6.92 Å². The zero-order chi connectivity index (χ0) is 44.7. The first-order chi connectivity index (χ1) is 27.4. The van der Waals surface area contributed by atoms with E-state index in [1.54, 1.807) is 55.6 Å². The number of hydrogen-bond donors (Lipinski definition) is 2. The van der Waals surface area contributed by atoms with Crippen LogP contribution < -0.4 is 0 Å². The molecule has 16 heteroatoms. The fraction of sp³-hybridized carbons (Fsp3) is 0.907. The average molecular weight is 862 g/mol. The molecule has 3 heterocycles. The molecule has 0 radical (unpaired) electrons. The predicted octanol–water partition coefficient (Wildman–Crippen LogP) is 4.98. The minimum atomic E-state index is -1.78. The van der Waals surface area contributed by atoms with E-state index in [0.717, 1.165) is 6.42 Å². The summed E-state index contributed by atoms with van der Waals surface area (Å²) in [6.07, 6.45) is -7.01. The summed E-state index contributed by atoms with van der Waals surface area (Å²) in [5.41, 5.74) is -2.77. The summed E-state index contributed by atoms with van der Waals surface area (Å²) in [4.78, 5) is 42.8. The number of ketones is 1. The van der Waals surface area contributed by atoms with E-state index in [2.05, 4.69) is 0 Å². The summed E-state index contributed by atoms with van der Waals surface area (Å²) in [5, 5.41) is 24.1. The van der Waals surface area contributed by atoms with Gasteiger partial charge in [-0.1, -0.05) is 41.5 Å². The Morgan fingerprint density at radius 1 is 0.915 bits per heavy atom. The molecule has 0 aliphatic carbocycles. The first-order valence-electron chi connectivity index (χ1n) is 21.4. The third-order valence-electron chi connectivity index (χ3n) is 12.7. The van der Waals surface area contributed by atoms with Gasteiger partial charge in [0.25, 0.3) is 0 Å². The molecule has 342 valence electrons. The van der Waals surface area contributed by atoms with Crippen molar-refractivity contribution in [3.05, 3.63) is 0 Å². The summed E-state index contributed by atoms with van der Waals surface area (Å²) in [6.45, 7) is 21.3. The van der Waals surface area contributed by atoms with Crippen LogP contribution in [0.4, 0.5) is 0 Å². The summed E-state index contributed by atoms with van der Waals surface area (Å²) < 4.78 is 56.2. The lowest BCUT2D eigenvalue weighted by atomic mass is 9.74. The summed E-state index contributed by atoms with van der Waals surface area (Å²) in [7, 11) is 5.31. The first kappa shape index (κ1) is 51.3. The molecule has 0 amide bonds. The highest BCUT2D eigenvalue weighted by molar-refractivity contribution is 7.79. The Morgan fingerprint density at radius 2 is 1.56 bits per heavy atom. The van der Waals surface area contributed by atoms with Crippen LogP contribution in [0.1, 0.15) is 115 Å². The van der Waals surface area contributed by atoms with Crippen molar-refractivity contribution in [1.82, 2.24) is 4.90 Å². The van der Waals surface area contributed by atoms with Crippen LogP contribution in [0.3, 0.4) is 0 Å². The second-order valence-electron chi connectivity index (χ2n) is 18.0. The van der Waals surface area contributed by atoms with Crippen molar-refractivity contribution < 1.29 is 67.2 Å². The zero-order valence-electron chi connectivity index (χ0n) is 38.1. The van der Waals surface area contributed by atoms with Gasteiger partial charge in [-0.3, -0.25) is 14.4 Å². The lowest BCUT2D eigenvalue weighted by Crippen LogP contribution is -2.61. The van der Waals surface area contributed by atoms with E-state index in [-0.39, 0.29) is 36.0 Å². The molecule has 3 aliphatic heterocycles. The highest BCUT2D eigenvalue weighted by Crippen LogP contribution is 2.41. The van der Waals surface area contributed by atoms with Crippen molar-refractivity contribution in [1.29, 1.82) is 0 Å². The molecule has 0 aromatic heterocycles. The normalized spacial score (nSPS) is 43.0. The maximum absolute atomic E-state index is 14.3. The maximum atomic E-state index is 14.3. The molecule has 15 nitrogen and oxygen atoms in total. The number of esters is 2. The summed E-state index contributed by atoms with van der Waals surface area (Å²) in [6, 6.07) is -0.303. The molecule has 59 heavy (non-hydrogen) atoms. The van der Waals surface area contributed by atoms with Crippen LogP contribution in [0.5, 0.6) is 0 Å². The number of carbonyl (C=O) groups excluding carboxylic acids is 3. The Labute approximate surface area is 357 Å². The topological polar surface area (TPSA) is 178 Å². The number of rotatable bonds is 11. The van der Waals surface area contributed by atoms with Crippen molar-refractivity contribution in [3.8, 4) is 0 Å². The third-order valence-corrected chi connectivity index (χ3v) is 12.9. The van der Waals surface area contributed by atoms with Gasteiger partial charge in [-0.15, -0.1) is 0 Å². The quantitative estimate of drug-likeness (QED) is 0.210. The second-order valence-corrected chi connectivity index (χ2v) is 18.3. The monoisotopic (exact) mass is 861 g/mol. The predicted molar refractivity (Wildman–Crippen MR) is 222 cm³/mol. The van der Waals surface area contributed by atoms with E-state index in [9.17, 15) is 24.6 Å². The molecule has 3 saturated heterocycles. The Kier molecular flexibility index (Phi) is 19.0. The number of methoxy groups -OCH3 is 1. The number of likely N-dealkylation sites (N-methyl/N-ethyl adjacent to an activating group) is 1. The van der Waals surface area contributed by atoms with Gasteiger partial charge >= 0.3 is 17.2 Å². The molecular formula is C43H75NO14S. The highest BCUT2D eigenvalue weighted by atomic mass is 32.1. The van der Waals surface area contributed by atoms with Crippen LogP contribution in [0.15, 0.2) is 0 Å². The van der Waals surface area contributed by atoms with Gasteiger partial charge in [0.05, 0.1) is 54.7 Å². The van der Waals surface area contributed by atoms with Crippen LogP contribution in [0.2, 0.25) is 0 Å². The Morgan fingerprint density at radius 3 is 2.12 bits per heavy atom. The molecule has 3 aliphatic rings. The van der Waals surface area contributed by atoms with E-state index < -0.39 is 108 Å². The smallest absolute Gasteiger partial charge is 0.352 e. The second kappa shape index (κ2) is 21.9. The minimum Gasteiger partial charge on any atom is -0.462 e. The molecule has 3 fully saturated rings. The molecule has 0 bridgehead atoms. The van der Waals surface area contributed by atoms with Gasteiger partial charge in [0.15, 0.2) is 24.8 Å². The lowest BCUT2D eigenvalue weighted by Gasteiger charge is -2.49. The number of hydrogen-bond acceptors (Lipinski definition) is 16. The van der Waals surface area contributed by atoms with Gasteiger partial charge in [-0.2, -0.15) is 0 Å². The van der Waals surface area contributed by atoms with Crippen molar-refractivity contribution >= 4 is 35.2 Å². The number of cyclic esters (lactones) is 1. The SMILES string of the molecule is CCCOC(=S)O[C@H]1[C@H](C)O[C@@H](OC2[C@@H](C)C(=O)O[C@H](CC)[C@H](C)[C@H](O)[C@@H](C)C(=O)[C@H](C)C[C@@](C)(O)[C@H](O[C@@H]3O[C@H](C)C[C@H](N(C)C)[C@H]3OC(C)=O)[C@H]2C)C[C@@]1(C)OC. The molecule has 2 N–H and O–H groups in total. The van der Waals surface area contributed by atoms with Gasteiger partial charge in [-0.05, 0) is 74.4 Å². The zero-order valence-corrected chi connectivity index (χ0v) is 38.9. The molecule has 0 aromatic carbocycles. The summed E-state index contributed by atoms with van der Waals surface area (Å²) >= 11 is 5.36. The lowest BCUT2D eigenvalue weighted by molar-refractivity contribution is -0.318. The third kappa shape index (κ3) is 12.8. The molecule has 0 aromatic rings. The van der Waals surface area contributed by atoms with Crippen molar-refractivity contribution in [2.24, 2.45) is 29.6 Å². The highest BCUT2D eigenvalue weighted by Gasteiger charge is 2.54. The Bertz CT molecular complexity index is 1400. The van der Waals surface area contributed by atoms with Gasteiger partial charge < -0.3 is 57.7 Å². The molecule has 1 unspecified atom stereocenters. The van der Waals surface area contributed by atoms with Gasteiger partial charge in [0.1, 0.15) is 17.5 Å². The Balaban J connectivity index is 2.19. The van der Waals surface area contributed by atoms with E-state index >= 15 is 0 Å². The molecule has 0 spiro atoms. The molecule has 0 saturated carbocycles. The first-order valence-corrected chi connectivity index (χ1v) is 21.8. The van der Waals surface area contributed by atoms with Crippen molar-refractivity contribution in [3.63, 3.8) is 0 Å². The van der Waals surface area contributed by atoms with Crippen LogP contribution in [0, 0.1) is 29.6 Å². The number of aliphatic hydroxyl groups excluding tert-OH is 1. The maximum Gasteiger partial charge on any atom is 0.352 e. The van der Waals surface area contributed by atoms with Gasteiger partial charge in [-0.25, -0.2) is 0 Å². The largest absolute Gasteiger partial charge is 0.462 e. The number of carbonyl (C=O) groups is 3. The number of aliphatic hydroxyl groups is 2. The molecular weight excluding hydrogens is 787 g/mol. The standard InChI is InChI=1S/C43H75NO14S/c1-16-18-51-41(59)58-38-28(9)53-32(21-43(38,12)50-15)56-35-26(7)37(57-40-36(54-29(10)45)30(44(13)14)19-23(4)52-40)42(11,49)20-22(3)33(46)25(6)34(47)24(5)31(17-2)55-39(48)27(35)8/h22-28,30-32,34-38,40,47,49H,16-21H2,1-15H3/t22-,23-,24+,25+,26+,27-,28+,30+,31-,32+,34+,35?,36-,37-,38+,40+,42-,43-/m1/s1. The summed E-state index contributed by atoms with van der Waals surface area (Å²) in [5.74, 6) is -5.35.